The van der Waals surface area contributed by atoms with Gasteiger partial charge in [0.1, 0.15) is 0 Å². The molecule has 0 unspecified atom stereocenters. The summed E-state index contributed by atoms with van der Waals surface area (Å²) in [7, 11) is 0. The van der Waals surface area contributed by atoms with Crippen molar-refractivity contribution >= 4 is 17.7 Å². The van der Waals surface area contributed by atoms with Crippen LogP contribution in [0.25, 0.3) is 0 Å². The molecule has 0 aromatic carbocycles. The van der Waals surface area contributed by atoms with Crippen molar-refractivity contribution in [1.82, 2.24) is 9.80 Å². The number of carbonyl (C=O) groups excluding carboxylic acids is 1. The third kappa shape index (κ3) is 3.91. The van der Waals surface area contributed by atoms with E-state index >= 15 is 0 Å². The summed E-state index contributed by atoms with van der Waals surface area (Å²) < 4.78 is 0. The number of amides is 1. The molecule has 0 radical (unpaired) electrons. The molecule has 2 atom stereocenters. The van der Waals surface area contributed by atoms with E-state index in [2.05, 4.69) is 30.6 Å². The van der Waals surface area contributed by atoms with E-state index in [-0.39, 0.29) is 0 Å². The average Bonchev–Trinajstić information content (AvgIpc) is 2.46. The smallest absolute Gasteiger partial charge is 0.236 e. The molecule has 0 aromatic heterocycles. The molecule has 2 fully saturated rings. The average molecular weight is 298 g/mol. The monoisotopic (exact) mass is 298 g/mol. The van der Waals surface area contributed by atoms with Crippen LogP contribution in [-0.4, -0.2) is 58.4 Å². The third-order valence-corrected chi connectivity index (χ3v) is 6.37. The molecule has 2 rings (SSSR count). The van der Waals surface area contributed by atoms with Crippen LogP contribution in [0.1, 0.15) is 52.9 Å². The van der Waals surface area contributed by atoms with Gasteiger partial charge in [-0.15, -0.1) is 0 Å². The summed E-state index contributed by atoms with van der Waals surface area (Å²) >= 11 is 2.03. The second-order valence-electron chi connectivity index (χ2n) is 6.26. The largest absolute Gasteiger partial charge is 0.339 e. The molecular weight excluding hydrogens is 268 g/mol. The fourth-order valence-electron chi connectivity index (χ4n) is 3.51. The minimum absolute atomic E-state index is 0.352. The van der Waals surface area contributed by atoms with Crippen LogP contribution in [0.3, 0.4) is 0 Å². The van der Waals surface area contributed by atoms with Gasteiger partial charge in [-0.05, 0) is 26.7 Å². The maximum Gasteiger partial charge on any atom is 0.236 e. The lowest BCUT2D eigenvalue weighted by Gasteiger charge is -2.40. The molecule has 20 heavy (non-hydrogen) atoms. The summed E-state index contributed by atoms with van der Waals surface area (Å²) in [5, 5.41) is 0.640. The molecule has 4 heteroatoms. The number of likely N-dealkylation sites (N-methyl/N-ethyl adjacent to an activating group) is 1. The van der Waals surface area contributed by atoms with Crippen LogP contribution in [0.15, 0.2) is 0 Å². The van der Waals surface area contributed by atoms with Crippen molar-refractivity contribution in [2.24, 2.45) is 0 Å². The van der Waals surface area contributed by atoms with Gasteiger partial charge in [-0.25, -0.2) is 0 Å². The van der Waals surface area contributed by atoms with E-state index in [1.807, 2.05) is 11.8 Å². The molecule has 0 bridgehead atoms. The molecule has 1 amide bonds. The second kappa shape index (κ2) is 7.69. The SMILES string of the molecule is CCN(C(=O)CN1CCS[C@H](C)[C@@H]1C)C1CCCCC1. The molecule has 0 aromatic rings. The van der Waals surface area contributed by atoms with Gasteiger partial charge in [-0.2, -0.15) is 11.8 Å². The number of hydrogen-bond donors (Lipinski definition) is 0. The van der Waals surface area contributed by atoms with Crippen molar-refractivity contribution in [3.05, 3.63) is 0 Å². The normalized spacial score (nSPS) is 29.4. The Morgan fingerprint density at radius 3 is 2.60 bits per heavy atom. The Kier molecular flexibility index (Phi) is 6.21. The van der Waals surface area contributed by atoms with Crippen LogP contribution in [0.4, 0.5) is 0 Å². The highest BCUT2D eigenvalue weighted by atomic mass is 32.2. The summed E-state index contributed by atoms with van der Waals surface area (Å²) in [6, 6.07) is 1.02. The van der Waals surface area contributed by atoms with Crippen LogP contribution in [0.5, 0.6) is 0 Å². The van der Waals surface area contributed by atoms with E-state index in [9.17, 15) is 4.79 Å². The minimum Gasteiger partial charge on any atom is -0.339 e. The van der Waals surface area contributed by atoms with E-state index in [1.54, 1.807) is 0 Å². The van der Waals surface area contributed by atoms with Gasteiger partial charge in [0.25, 0.3) is 0 Å². The highest BCUT2D eigenvalue weighted by Gasteiger charge is 2.30. The molecule has 3 nitrogen and oxygen atoms in total. The Balaban J connectivity index is 1.91. The summed E-state index contributed by atoms with van der Waals surface area (Å²) in [4.78, 5) is 17.2. The highest BCUT2D eigenvalue weighted by Crippen LogP contribution is 2.25. The molecule has 1 saturated heterocycles. The molecule has 1 aliphatic heterocycles. The van der Waals surface area contributed by atoms with Crippen molar-refractivity contribution in [3.63, 3.8) is 0 Å². The van der Waals surface area contributed by atoms with Gasteiger partial charge in [0.15, 0.2) is 0 Å². The number of carbonyl (C=O) groups is 1. The molecule has 1 saturated carbocycles. The first kappa shape index (κ1) is 16.2. The first-order valence-electron chi connectivity index (χ1n) is 8.28. The van der Waals surface area contributed by atoms with E-state index in [0.29, 0.717) is 29.8 Å². The molecule has 0 N–H and O–H groups in total. The van der Waals surface area contributed by atoms with Gasteiger partial charge in [0, 0.05) is 36.2 Å². The standard InChI is InChI=1S/C16H30N2OS/c1-4-18(15-8-6-5-7-9-15)16(19)12-17-10-11-20-14(3)13(17)2/h13-15H,4-12H2,1-3H3/t13-,14+/m0/s1. The Hall–Kier alpha value is -0.220. The fourth-order valence-corrected chi connectivity index (χ4v) is 4.68. The van der Waals surface area contributed by atoms with Crippen molar-refractivity contribution < 1.29 is 4.79 Å². The fraction of sp³-hybridized carbons (Fsp3) is 0.938. The topological polar surface area (TPSA) is 23.6 Å². The number of thioether (sulfide) groups is 1. The number of hydrogen-bond acceptors (Lipinski definition) is 3. The van der Waals surface area contributed by atoms with Crippen molar-refractivity contribution in [3.8, 4) is 0 Å². The van der Waals surface area contributed by atoms with Gasteiger partial charge in [0.05, 0.1) is 6.54 Å². The van der Waals surface area contributed by atoms with Gasteiger partial charge < -0.3 is 4.90 Å². The zero-order valence-electron chi connectivity index (χ0n) is 13.3. The number of nitrogens with zero attached hydrogens (tertiary/aromatic N) is 2. The zero-order chi connectivity index (χ0) is 14.5. The van der Waals surface area contributed by atoms with Gasteiger partial charge in [-0.3, -0.25) is 9.69 Å². The minimum atomic E-state index is 0.352. The molecule has 0 spiro atoms. The van der Waals surface area contributed by atoms with Crippen molar-refractivity contribution in [2.75, 3.05) is 25.4 Å². The van der Waals surface area contributed by atoms with Gasteiger partial charge >= 0.3 is 0 Å². The van der Waals surface area contributed by atoms with Crippen LogP contribution in [-0.2, 0) is 4.79 Å². The molecule has 2 aliphatic rings. The van der Waals surface area contributed by atoms with Crippen LogP contribution in [0.2, 0.25) is 0 Å². The Morgan fingerprint density at radius 2 is 1.95 bits per heavy atom. The van der Waals surface area contributed by atoms with Gasteiger partial charge in [0.2, 0.25) is 5.91 Å². The predicted octanol–water partition coefficient (Wildman–Crippen LogP) is 2.99. The lowest BCUT2D eigenvalue weighted by molar-refractivity contribution is -0.135. The lowest BCUT2D eigenvalue weighted by atomic mass is 9.94. The summed E-state index contributed by atoms with van der Waals surface area (Å²) in [6.07, 6.45) is 6.35. The number of rotatable bonds is 4. The van der Waals surface area contributed by atoms with Crippen LogP contribution >= 0.6 is 11.8 Å². The van der Waals surface area contributed by atoms with E-state index < -0.39 is 0 Å². The third-order valence-electron chi connectivity index (χ3n) is 5.03. The van der Waals surface area contributed by atoms with Crippen LogP contribution < -0.4 is 0 Å². The maximum absolute atomic E-state index is 12.7. The lowest BCUT2D eigenvalue weighted by Crippen LogP contribution is -2.51. The van der Waals surface area contributed by atoms with E-state index in [0.717, 1.165) is 18.8 Å². The molecule has 116 valence electrons. The summed E-state index contributed by atoms with van der Waals surface area (Å²) in [5.41, 5.74) is 0. The maximum atomic E-state index is 12.7. The molecular formula is C16H30N2OS. The molecule has 1 heterocycles. The van der Waals surface area contributed by atoms with Crippen molar-refractivity contribution in [1.29, 1.82) is 0 Å². The Bertz CT molecular complexity index is 318. The summed E-state index contributed by atoms with van der Waals surface area (Å²) in [6.45, 7) is 9.23. The Morgan fingerprint density at radius 1 is 1.25 bits per heavy atom. The quantitative estimate of drug-likeness (QED) is 0.797. The van der Waals surface area contributed by atoms with E-state index in [4.69, 9.17) is 0 Å². The highest BCUT2D eigenvalue weighted by molar-refractivity contribution is 8.00. The first-order valence-corrected chi connectivity index (χ1v) is 9.33. The second-order valence-corrected chi connectivity index (χ2v) is 7.74. The van der Waals surface area contributed by atoms with E-state index in [1.165, 1.54) is 32.1 Å². The van der Waals surface area contributed by atoms with Crippen molar-refractivity contribution in [2.45, 2.75) is 70.2 Å². The first-order chi connectivity index (χ1) is 9.63. The Labute approximate surface area is 128 Å². The summed E-state index contributed by atoms with van der Waals surface area (Å²) in [5.74, 6) is 1.51. The molecule has 1 aliphatic carbocycles. The predicted molar refractivity (Wildman–Crippen MR) is 87.2 cm³/mol. The van der Waals surface area contributed by atoms with Crippen LogP contribution in [0, 0.1) is 0 Å². The zero-order valence-corrected chi connectivity index (χ0v) is 14.1. The van der Waals surface area contributed by atoms with Gasteiger partial charge in [-0.1, -0.05) is 26.2 Å².